The van der Waals surface area contributed by atoms with Gasteiger partial charge in [0, 0.05) is 22.7 Å². The molecule has 3 heterocycles. The van der Waals surface area contributed by atoms with Gasteiger partial charge in [0.1, 0.15) is 36.3 Å². The van der Waals surface area contributed by atoms with Crippen molar-refractivity contribution in [1.29, 1.82) is 0 Å². The third-order valence-electron chi connectivity index (χ3n) is 7.83. The van der Waals surface area contributed by atoms with Crippen LogP contribution in [0.4, 0.5) is 23.4 Å². The summed E-state index contributed by atoms with van der Waals surface area (Å²) < 4.78 is 80.4. The molecule has 0 bridgehead atoms. The van der Waals surface area contributed by atoms with Crippen molar-refractivity contribution >= 4 is 42.9 Å². The third-order valence-corrected chi connectivity index (χ3v) is 9.45. The number of esters is 1. The summed E-state index contributed by atoms with van der Waals surface area (Å²) in [7, 11) is -1.98. The molecule has 4 atom stereocenters. The van der Waals surface area contributed by atoms with Crippen LogP contribution in [0, 0.1) is 11.7 Å². The lowest BCUT2D eigenvalue weighted by Gasteiger charge is -2.25. The van der Waals surface area contributed by atoms with Crippen molar-refractivity contribution in [1.82, 2.24) is 19.6 Å². The fourth-order valence-electron chi connectivity index (χ4n) is 5.31. The molecule has 0 amide bonds. The number of nitrogens with one attached hydrogen (secondary N) is 1. The average molecular weight is 682 g/mol. The molecule has 244 valence electrons. The number of rotatable bonds is 11. The van der Waals surface area contributed by atoms with Crippen LogP contribution in [0.3, 0.4) is 0 Å². The van der Waals surface area contributed by atoms with Crippen molar-refractivity contribution in [3.63, 3.8) is 0 Å². The molecule has 1 aliphatic carbocycles. The Labute approximate surface area is 267 Å². The lowest BCUT2D eigenvalue weighted by Crippen LogP contribution is -2.39. The standard InChI is InChI=1S/C30H29ClF4N5O5P/c1-17-12-21(44-27(17)40-13-23(32)24-25(36)37-16-38-26(24)40)15-43-46(45-20-8-6-19(31)7-9-20)39-29(10-11-29)28(41)42-14-18-4-2-3-5-22(18)30(33,34)35/h2-9,13,16-17,21,27,39H,10-12,14-15H2,1H3,(H2,36,37,38). The van der Waals surface area contributed by atoms with Crippen LogP contribution in [0.5, 0.6) is 5.75 Å². The summed E-state index contributed by atoms with van der Waals surface area (Å²) in [5, 5.41) is 3.72. The minimum atomic E-state index is -4.59. The molecule has 4 unspecified atom stereocenters. The highest BCUT2D eigenvalue weighted by atomic mass is 35.5. The van der Waals surface area contributed by atoms with Crippen LogP contribution >= 0.6 is 20.1 Å². The van der Waals surface area contributed by atoms with Crippen LogP contribution in [0.1, 0.15) is 43.5 Å². The molecule has 2 fully saturated rings. The monoisotopic (exact) mass is 681 g/mol. The maximum absolute atomic E-state index is 14.7. The molecule has 4 aromatic rings. The van der Waals surface area contributed by atoms with E-state index in [0.717, 1.165) is 6.07 Å². The van der Waals surface area contributed by atoms with Crippen LogP contribution in [-0.4, -0.2) is 38.8 Å². The van der Waals surface area contributed by atoms with Gasteiger partial charge in [-0.1, -0.05) is 36.7 Å². The molecule has 2 aromatic carbocycles. The quantitative estimate of drug-likeness (QED) is 0.0985. The van der Waals surface area contributed by atoms with Gasteiger partial charge in [-0.3, -0.25) is 4.79 Å². The van der Waals surface area contributed by atoms with Gasteiger partial charge in [0.25, 0.3) is 0 Å². The molecule has 2 aromatic heterocycles. The van der Waals surface area contributed by atoms with Crippen LogP contribution < -0.4 is 15.3 Å². The number of halogens is 5. The maximum atomic E-state index is 14.7. The minimum Gasteiger partial charge on any atom is -0.459 e. The van der Waals surface area contributed by atoms with Gasteiger partial charge in [-0.25, -0.2) is 19.4 Å². The van der Waals surface area contributed by atoms with Crippen LogP contribution in [-0.2, 0) is 31.6 Å². The topological polar surface area (TPSA) is 123 Å². The van der Waals surface area contributed by atoms with E-state index < -0.39 is 56.5 Å². The predicted molar refractivity (Wildman–Crippen MR) is 161 cm³/mol. The van der Waals surface area contributed by atoms with Crippen molar-refractivity contribution in [2.24, 2.45) is 5.92 Å². The number of nitrogen functional groups attached to an aromatic ring is 1. The second kappa shape index (κ2) is 12.9. The summed E-state index contributed by atoms with van der Waals surface area (Å²) in [6.07, 6.45) is -1.73. The summed E-state index contributed by atoms with van der Waals surface area (Å²) in [5.41, 5.74) is 3.96. The SMILES string of the molecule is CC1CC(COP(NC2(C(=O)OCc3ccccc3C(F)(F)F)CC2)Oc2ccc(Cl)cc2)OC1n1cc(F)c2c(N)ncnc21. The van der Waals surface area contributed by atoms with Crippen molar-refractivity contribution in [2.75, 3.05) is 12.3 Å². The Balaban J connectivity index is 1.13. The Kier molecular flexibility index (Phi) is 9.10. The summed E-state index contributed by atoms with van der Waals surface area (Å²) in [6.45, 7) is 1.46. The zero-order valence-corrected chi connectivity index (χ0v) is 26.0. The van der Waals surface area contributed by atoms with Gasteiger partial charge in [0.05, 0.1) is 23.7 Å². The molecule has 1 saturated heterocycles. The first-order chi connectivity index (χ1) is 21.9. The van der Waals surface area contributed by atoms with Gasteiger partial charge in [-0.15, -0.1) is 0 Å². The summed E-state index contributed by atoms with van der Waals surface area (Å²) in [6, 6.07) is 11.5. The Morgan fingerprint density at radius 3 is 2.65 bits per heavy atom. The second-order valence-electron chi connectivity index (χ2n) is 11.2. The zero-order valence-electron chi connectivity index (χ0n) is 24.3. The highest BCUT2D eigenvalue weighted by Crippen LogP contribution is 2.48. The van der Waals surface area contributed by atoms with E-state index in [4.69, 9.17) is 35.9 Å². The number of nitrogens with zero attached hydrogens (tertiary/aromatic N) is 3. The van der Waals surface area contributed by atoms with E-state index in [0.29, 0.717) is 35.7 Å². The van der Waals surface area contributed by atoms with Crippen molar-refractivity contribution in [3.8, 4) is 5.75 Å². The Morgan fingerprint density at radius 1 is 1.20 bits per heavy atom. The number of hydrogen-bond donors (Lipinski definition) is 2. The summed E-state index contributed by atoms with van der Waals surface area (Å²) in [5.74, 6) is -0.887. The number of fused-ring (bicyclic) bond motifs is 1. The van der Waals surface area contributed by atoms with Gasteiger partial charge in [0.2, 0.25) is 0 Å². The number of ether oxygens (including phenoxy) is 2. The molecule has 6 rings (SSSR count). The fraction of sp³-hybridized carbons (Fsp3) is 0.367. The lowest BCUT2D eigenvalue weighted by atomic mass is 10.1. The Morgan fingerprint density at radius 2 is 1.93 bits per heavy atom. The summed E-state index contributed by atoms with van der Waals surface area (Å²) >= 11 is 6.02. The van der Waals surface area contributed by atoms with E-state index in [9.17, 15) is 22.4 Å². The number of nitrogens with two attached hydrogens (primary N) is 1. The number of aromatic nitrogens is 3. The number of carbonyl (C=O) groups is 1. The normalized spacial score (nSPS) is 21.3. The fourth-order valence-corrected chi connectivity index (χ4v) is 6.88. The molecule has 0 radical (unpaired) electrons. The minimum absolute atomic E-state index is 0.0277. The molecule has 10 nitrogen and oxygen atoms in total. The lowest BCUT2D eigenvalue weighted by molar-refractivity contribution is -0.150. The molecular formula is C30H29ClF4N5O5P. The van der Waals surface area contributed by atoms with Gasteiger partial charge in [-0.05, 0) is 49.6 Å². The van der Waals surface area contributed by atoms with E-state index in [2.05, 4.69) is 15.1 Å². The van der Waals surface area contributed by atoms with Crippen LogP contribution in [0.15, 0.2) is 61.1 Å². The van der Waals surface area contributed by atoms with Crippen molar-refractivity contribution in [3.05, 3.63) is 83.0 Å². The third kappa shape index (κ3) is 6.91. The largest absolute Gasteiger partial charge is 0.459 e. The van der Waals surface area contributed by atoms with Gasteiger partial charge >= 0.3 is 20.7 Å². The zero-order chi connectivity index (χ0) is 32.6. The first kappa shape index (κ1) is 32.4. The van der Waals surface area contributed by atoms with E-state index in [1.54, 1.807) is 28.8 Å². The highest BCUT2D eigenvalue weighted by molar-refractivity contribution is 7.45. The number of hydrogen-bond acceptors (Lipinski definition) is 9. The molecular weight excluding hydrogens is 653 g/mol. The van der Waals surface area contributed by atoms with E-state index in [1.165, 1.54) is 30.7 Å². The maximum Gasteiger partial charge on any atom is 0.416 e. The Bertz CT molecular complexity index is 1720. The van der Waals surface area contributed by atoms with Crippen LogP contribution in [0.25, 0.3) is 11.0 Å². The van der Waals surface area contributed by atoms with E-state index in [-0.39, 0.29) is 29.3 Å². The average Bonchev–Trinajstić information content (AvgIpc) is 3.59. The van der Waals surface area contributed by atoms with Crippen molar-refractivity contribution < 1.29 is 40.9 Å². The van der Waals surface area contributed by atoms with E-state index in [1.807, 2.05) is 6.92 Å². The Hall–Kier alpha value is -3.55. The van der Waals surface area contributed by atoms with Gasteiger partial charge < -0.3 is 28.8 Å². The smallest absolute Gasteiger partial charge is 0.416 e. The van der Waals surface area contributed by atoms with Gasteiger partial charge in [-0.2, -0.15) is 13.2 Å². The van der Waals surface area contributed by atoms with Crippen LogP contribution in [0.2, 0.25) is 5.02 Å². The van der Waals surface area contributed by atoms with E-state index >= 15 is 0 Å². The number of alkyl halides is 3. The molecule has 1 saturated carbocycles. The first-order valence-corrected chi connectivity index (χ1v) is 15.9. The molecule has 1 aliphatic heterocycles. The van der Waals surface area contributed by atoms with Crippen molar-refractivity contribution in [2.45, 2.75) is 56.8 Å². The second-order valence-corrected chi connectivity index (χ2v) is 12.8. The van der Waals surface area contributed by atoms with Gasteiger partial charge in [0.15, 0.2) is 11.5 Å². The number of carbonyl (C=O) groups excluding carboxylic acids is 1. The number of benzene rings is 2. The first-order valence-electron chi connectivity index (χ1n) is 14.3. The molecule has 16 heteroatoms. The molecule has 0 spiro atoms. The predicted octanol–water partition coefficient (Wildman–Crippen LogP) is 6.94. The molecule has 2 aliphatic rings. The highest BCUT2D eigenvalue weighted by Gasteiger charge is 2.54. The summed E-state index contributed by atoms with van der Waals surface area (Å²) in [4.78, 5) is 21.2. The number of anilines is 1. The molecule has 3 N–H and O–H groups in total. The molecule has 46 heavy (non-hydrogen) atoms.